The molecule has 9 rings (SSSR count). The molecule has 29 heteroatoms. The molecule has 29 nitrogen and oxygen atoms in total. The van der Waals surface area contributed by atoms with Crippen LogP contribution >= 0.6 is 0 Å². The average molecular weight is 1290 g/mol. The Hall–Kier alpha value is -1.42. The molecule has 0 radical (unpaired) electrons. The molecule has 19 N–H and O–H groups in total. The Bertz CT molecular complexity index is 2340. The Labute approximate surface area is 517 Å². The molecule has 5 saturated heterocycles. The van der Waals surface area contributed by atoms with Gasteiger partial charge in [-0.3, -0.25) is 0 Å². The van der Waals surface area contributed by atoms with Crippen molar-refractivity contribution in [2.24, 2.45) is 45.3 Å². The van der Waals surface area contributed by atoms with Gasteiger partial charge in [0.05, 0.1) is 56.9 Å². The summed E-state index contributed by atoms with van der Waals surface area (Å²) in [5, 5.41) is 205. The Morgan fingerprint density at radius 3 is 1.52 bits per heavy atom. The molecule has 0 bridgehead atoms. The first-order chi connectivity index (χ1) is 41.7. The maximum atomic E-state index is 12.8. The summed E-state index contributed by atoms with van der Waals surface area (Å²) in [5.41, 5.74) is -2.49. The van der Waals surface area contributed by atoms with Crippen LogP contribution in [0.4, 0.5) is 0 Å². The zero-order valence-corrected chi connectivity index (χ0v) is 51.8. The highest BCUT2D eigenvalue weighted by atomic mass is 16.8. The van der Waals surface area contributed by atoms with Crippen LogP contribution in [0, 0.1) is 45.3 Å². The predicted molar refractivity (Wildman–Crippen MR) is 300 cm³/mol. The van der Waals surface area contributed by atoms with E-state index in [-0.39, 0.29) is 35.5 Å². The zero-order chi connectivity index (χ0) is 65.5. The van der Waals surface area contributed by atoms with Gasteiger partial charge in [-0.1, -0.05) is 53.2 Å². The number of aliphatic hydroxyl groups is 19. The van der Waals surface area contributed by atoms with Gasteiger partial charge in [0.15, 0.2) is 31.5 Å². The fraction of sp³-hybridized carbons (Fsp3) is 0.967. The molecule has 0 spiro atoms. The first-order valence-corrected chi connectivity index (χ1v) is 31.6. The summed E-state index contributed by atoms with van der Waals surface area (Å²) in [6, 6.07) is 0. The molecular weight excluding hydrogens is 1180 g/mol. The Kier molecular flexibility index (Phi) is 22.3. The molecule has 516 valence electrons. The molecular formula is C60H102O29. The SMILES string of the molecule is CC(CCC(OC1OC(COC2OC(CO)C(O)C(O)C2O)C(O)C(O)C1OC1OC(CO)C(O)C(O)C1O)C(C)(C)O)C1CCC2(C)C3CC=C4C(CCC(OC5OC(CO)C(OC6OC(CO)C(O)C(O)C6O)C(O)C5O)C4(C)C)C3(C)C(O)CC12C. The molecule has 0 aromatic heterocycles. The van der Waals surface area contributed by atoms with E-state index < -0.39 is 227 Å². The van der Waals surface area contributed by atoms with E-state index in [4.69, 9.17) is 47.4 Å². The lowest BCUT2D eigenvalue weighted by Crippen LogP contribution is -2.66. The van der Waals surface area contributed by atoms with Crippen LogP contribution in [0.3, 0.4) is 0 Å². The number of rotatable bonds is 20. The van der Waals surface area contributed by atoms with Crippen molar-refractivity contribution in [3.63, 3.8) is 0 Å². The van der Waals surface area contributed by atoms with Crippen LogP contribution in [0.1, 0.15) is 107 Å². The van der Waals surface area contributed by atoms with E-state index in [1.807, 2.05) is 13.8 Å². The molecule has 0 aromatic carbocycles. The van der Waals surface area contributed by atoms with Crippen LogP contribution in [0.5, 0.6) is 0 Å². The molecule has 35 atom stereocenters. The molecule has 0 amide bonds. The lowest BCUT2D eigenvalue weighted by atomic mass is 9.38. The minimum atomic E-state index is -1.96. The van der Waals surface area contributed by atoms with Crippen molar-refractivity contribution in [2.75, 3.05) is 33.0 Å². The summed E-state index contributed by atoms with van der Waals surface area (Å²) in [6.07, 6.45) is -37.7. The molecule has 8 fully saturated rings. The van der Waals surface area contributed by atoms with Crippen molar-refractivity contribution in [2.45, 2.75) is 284 Å². The van der Waals surface area contributed by atoms with Crippen molar-refractivity contribution in [1.29, 1.82) is 0 Å². The second-order valence-electron chi connectivity index (χ2n) is 28.7. The molecule has 4 aliphatic carbocycles. The van der Waals surface area contributed by atoms with E-state index in [0.29, 0.717) is 32.1 Å². The van der Waals surface area contributed by atoms with E-state index in [1.54, 1.807) is 0 Å². The quantitative estimate of drug-likeness (QED) is 0.0506. The van der Waals surface area contributed by atoms with Crippen LogP contribution in [-0.4, -0.2) is 308 Å². The van der Waals surface area contributed by atoms with Crippen molar-refractivity contribution in [1.82, 2.24) is 0 Å². The zero-order valence-electron chi connectivity index (χ0n) is 51.8. The third kappa shape index (κ3) is 13.0. The summed E-state index contributed by atoms with van der Waals surface area (Å²) in [5.74, 6) is -0.0172. The summed E-state index contributed by atoms with van der Waals surface area (Å²) in [7, 11) is 0. The maximum Gasteiger partial charge on any atom is 0.187 e. The van der Waals surface area contributed by atoms with E-state index >= 15 is 0 Å². The molecule has 89 heavy (non-hydrogen) atoms. The summed E-state index contributed by atoms with van der Waals surface area (Å²) in [4.78, 5) is 0. The molecule has 35 unspecified atom stereocenters. The fourth-order valence-electron chi connectivity index (χ4n) is 17.1. The smallest absolute Gasteiger partial charge is 0.187 e. The van der Waals surface area contributed by atoms with Gasteiger partial charge < -0.3 is 144 Å². The molecule has 5 heterocycles. The van der Waals surface area contributed by atoms with Crippen LogP contribution in [-0.2, 0) is 47.4 Å². The van der Waals surface area contributed by atoms with Gasteiger partial charge >= 0.3 is 0 Å². The Morgan fingerprint density at radius 2 is 0.978 bits per heavy atom. The normalized spacial score (nSPS) is 51.8. The van der Waals surface area contributed by atoms with E-state index in [9.17, 15) is 97.0 Å². The van der Waals surface area contributed by atoms with E-state index in [1.165, 1.54) is 13.8 Å². The number of aliphatic hydroxyl groups excluding tert-OH is 18. The first-order valence-electron chi connectivity index (χ1n) is 31.6. The van der Waals surface area contributed by atoms with Gasteiger partial charge in [-0.05, 0) is 99.7 Å². The molecule has 0 aromatic rings. The monoisotopic (exact) mass is 1290 g/mol. The van der Waals surface area contributed by atoms with Crippen molar-refractivity contribution >= 4 is 0 Å². The van der Waals surface area contributed by atoms with Gasteiger partial charge in [0.1, 0.15) is 122 Å². The lowest BCUT2D eigenvalue weighted by Gasteiger charge is -2.67. The van der Waals surface area contributed by atoms with Crippen molar-refractivity contribution < 1.29 is 144 Å². The number of ether oxygens (including phenoxy) is 10. The van der Waals surface area contributed by atoms with E-state index in [2.05, 4.69) is 33.8 Å². The van der Waals surface area contributed by atoms with Crippen molar-refractivity contribution in [3.8, 4) is 0 Å². The first kappa shape index (κ1) is 71.9. The number of hydrogen-bond donors (Lipinski definition) is 19. The minimum Gasteiger partial charge on any atom is -0.394 e. The van der Waals surface area contributed by atoms with Crippen LogP contribution < -0.4 is 0 Å². The lowest BCUT2D eigenvalue weighted by molar-refractivity contribution is -0.380. The summed E-state index contributed by atoms with van der Waals surface area (Å²) >= 11 is 0. The second kappa shape index (κ2) is 27.6. The summed E-state index contributed by atoms with van der Waals surface area (Å²) in [6.45, 7) is 12.3. The standard InChI is InChI=1S/C60H102O29/c1-23(9-13-35(57(4,5)79)87-55-50(89-54-47(77)42(72)38(68)29(20-63)83-54)43(73)39(69)31(85-55)22-80-51-45(75)40(70)36(66)27(18-61)81-51)24-15-16-58(6)32-12-10-25-26(60(32,8)33(65)17-59(24,58)7)11-14-34(56(25,2)3)86-52-48(78)44(74)49(30(21-64)84-52)88-53-46(76)41(71)37(67)28(19-62)82-53/h10,23-24,26-55,61-79H,9,11-22H2,1-8H3. The highest BCUT2D eigenvalue weighted by molar-refractivity contribution is 5.32. The maximum absolute atomic E-state index is 12.8. The number of hydrogen-bond acceptors (Lipinski definition) is 29. The largest absolute Gasteiger partial charge is 0.394 e. The second-order valence-corrected chi connectivity index (χ2v) is 28.7. The third-order valence-corrected chi connectivity index (χ3v) is 22.9. The number of fused-ring (bicyclic) bond motifs is 5. The average Bonchev–Trinajstić information content (AvgIpc) is 1.66. The van der Waals surface area contributed by atoms with Gasteiger partial charge in [-0.25, -0.2) is 0 Å². The highest BCUT2D eigenvalue weighted by Crippen LogP contribution is 2.75. The number of allylic oxidation sites excluding steroid dienone is 1. The fourth-order valence-corrected chi connectivity index (χ4v) is 17.1. The van der Waals surface area contributed by atoms with Crippen molar-refractivity contribution in [3.05, 3.63) is 11.6 Å². The van der Waals surface area contributed by atoms with Gasteiger partial charge in [-0.2, -0.15) is 0 Å². The molecule has 9 aliphatic rings. The minimum absolute atomic E-state index is 0.0310. The topological polar surface area (TPSA) is 477 Å². The highest BCUT2D eigenvalue weighted by Gasteiger charge is 2.71. The van der Waals surface area contributed by atoms with Gasteiger partial charge in [0.25, 0.3) is 0 Å². The molecule has 5 aliphatic heterocycles. The van der Waals surface area contributed by atoms with Crippen LogP contribution in [0.15, 0.2) is 11.6 Å². The van der Waals surface area contributed by atoms with Gasteiger partial charge in [-0.15, -0.1) is 0 Å². The Balaban J connectivity index is 0.884. The van der Waals surface area contributed by atoms with Crippen LogP contribution in [0.25, 0.3) is 0 Å². The molecule has 3 saturated carbocycles. The Morgan fingerprint density at radius 1 is 0.517 bits per heavy atom. The van der Waals surface area contributed by atoms with Crippen LogP contribution in [0.2, 0.25) is 0 Å². The third-order valence-electron chi connectivity index (χ3n) is 22.9. The predicted octanol–water partition coefficient (Wildman–Crippen LogP) is -5.41. The van der Waals surface area contributed by atoms with E-state index in [0.717, 1.165) is 18.4 Å². The van der Waals surface area contributed by atoms with Gasteiger partial charge in [0, 0.05) is 10.8 Å². The summed E-state index contributed by atoms with van der Waals surface area (Å²) < 4.78 is 59.5. The van der Waals surface area contributed by atoms with Gasteiger partial charge in [0.2, 0.25) is 0 Å².